The number of benzene rings is 1. The van der Waals surface area contributed by atoms with Crippen molar-refractivity contribution in [3.8, 4) is 0 Å². The third-order valence-electron chi connectivity index (χ3n) is 6.10. The number of hydrogen-bond donors (Lipinski definition) is 0. The number of likely N-dealkylation sites (tertiary alicyclic amines) is 1. The van der Waals surface area contributed by atoms with E-state index >= 15 is 0 Å². The molecular formula is C23H28N2O2. The van der Waals surface area contributed by atoms with Crippen molar-refractivity contribution in [1.82, 2.24) is 9.88 Å². The minimum Gasteiger partial charge on any atom is -0.372 e. The van der Waals surface area contributed by atoms with Crippen molar-refractivity contribution >= 4 is 5.91 Å². The molecule has 1 aliphatic heterocycles. The summed E-state index contributed by atoms with van der Waals surface area (Å²) in [4.78, 5) is 19.6. The van der Waals surface area contributed by atoms with E-state index < -0.39 is 0 Å². The third-order valence-corrected chi connectivity index (χ3v) is 6.10. The summed E-state index contributed by atoms with van der Waals surface area (Å²) in [6.45, 7) is 4.19. The highest BCUT2D eigenvalue weighted by molar-refractivity contribution is 5.89. The second kappa shape index (κ2) is 7.81. The lowest BCUT2D eigenvalue weighted by molar-refractivity contribution is -0.136. The predicted molar refractivity (Wildman–Crippen MR) is 105 cm³/mol. The number of carbonyl (C=O) groups excluding carboxylic acids is 1. The van der Waals surface area contributed by atoms with Crippen molar-refractivity contribution in [2.75, 3.05) is 13.1 Å². The van der Waals surface area contributed by atoms with Gasteiger partial charge in [0, 0.05) is 25.5 Å². The number of nitrogens with zero attached hydrogens (tertiary/aromatic N) is 2. The quantitative estimate of drug-likeness (QED) is 0.805. The summed E-state index contributed by atoms with van der Waals surface area (Å²) in [7, 11) is 0. The zero-order chi connectivity index (χ0) is 18.7. The number of hydrogen-bond acceptors (Lipinski definition) is 3. The highest BCUT2D eigenvalue weighted by Gasteiger charge is 2.46. The Kier molecular flexibility index (Phi) is 5.26. The zero-order valence-electron chi connectivity index (χ0n) is 16.1. The Hall–Kier alpha value is -2.20. The van der Waals surface area contributed by atoms with Crippen LogP contribution in [0.1, 0.15) is 48.8 Å². The van der Waals surface area contributed by atoms with Crippen LogP contribution in [0.4, 0.5) is 0 Å². The molecule has 1 saturated heterocycles. The van der Waals surface area contributed by atoms with Gasteiger partial charge in [-0.15, -0.1) is 0 Å². The van der Waals surface area contributed by atoms with Crippen molar-refractivity contribution in [2.24, 2.45) is 0 Å². The second-order valence-electron chi connectivity index (χ2n) is 7.99. The number of amides is 1. The fraction of sp³-hybridized carbons (Fsp3) is 0.478. The molecule has 142 valence electrons. The van der Waals surface area contributed by atoms with E-state index in [2.05, 4.69) is 36.2 Å². The van der Waals surface area contributed by atoms with Crippen LogP contribution >= 0.6 is 0 Å². The highest BCUT2D eigenvalue weighted by atomic mass is 16.5. The smallest absolute Gasteiger partial charge is 0.233 e. The molecule has 1 atom stereocenters. The van der Waals surface area contributed by atoms with Gasteiger partial charge in [-0.2, -0.15) is 0 Å². The maximum Gasteiger partial charge on any atom is 0.233 e. The lowest BCUT2D eigenvalue weighted by Crippen LogP contribution is -2.45. The molecule has 0 radical (unpaired) electrons. The zero-order valence-corrected chi connectivity index (χ0v) is 16.1. The molecule has 4 heteroatoms. The first kappa shape index (κ1) is 18.2. The van der Waals surface area contributed by atoms with Crippen molar-refractivity contribution in [3.63, 3.8) is 0 Å². The van der Waals surface area contributed by atoms with E-state index in [0.29, 0.717) is 19.1 Å². The van der Waals surface area contributed by atoms with Crippen LogP contribution in [-0.2, 0) is 21.6 Å². The molecule has 2 heterocycles. The van der Waals surface area contributed by atoms with Crippen LogP contribution < -0.4 is 0 Å². The van der Waals surface area contributed by atoms with E-state index in [1.165, 1.54) is 11.1 Å². The van der Waals surface area contributed by atoms with Gasteiger partial charge in [0.2, 0.25) is 5.91 Å². The molecule has 4 nitrogen and oxygen atoms in total. The molecule has 4 rings (SSSR count). The van der Waals surface area contributed by atoms with Crippen LogP contribution in [0.25, 0.3) is 0 Å². The maximum atomic E-state index is 13.6. The van der Waals surface area contributed by atoms with Crippen LogP contribution in [0.5, 0.6) is 0 Å². The molecule has 1 aliphatic carbocycles. The number of carbonyl (C=O) groups is 1. The van der Waals surface area contributed by atoms with Gasteiger partial charge in [0.15, 0.2) is 0 Å². The topological polar surface area (TPSA) is 42.4 Å². The lowest BCUT2D eigenvalue weighted by Gasteiger charge is -2.33. The van der Waals surface area contributed by atoms with E-state index in [-0.39, 0.29) is 11.5 Å². The van der Waals surface area contributed by atoms with Gasteiger partial charge in [0.05, 0.1) is 18.1 Å². The number of rotatable bonds is 5. The summed E-state index contributed by atoms with van der Waals surface area (Å²) in [6.07, 6.45) is 8.82. The minimum absolute atomic E-state index is 0.123. The van der Waals surface area contributed by atoms with Gasteiger partial charge in [0.25, 0.3) is 0 Å². The molecule has 1 amide bonds. The van der Waals surface area contributed by atoms with Gasteiger partial charge in [-0.1, -0.05) is 42.7 Å². The molecule has 0 spiro atoms. The molecule has 1 aromatic heterocycles. The van der Waals surface area contributed by atoms with Crippen LogP contribution in [0, 0.1) is 6.92 Å². The molecule has 27 heavy (non-hydrogen) atoms. The Morgan fingerprint density at radius 3 is 2.74 bits per heavy atom. The fourth-order valence-electron chi connectivity index (χ4n) is 4.59. The Morgan fingerprint density at radius 2 is 2.00 bits per heavy atom. The van der Waals surface area contributed by atoms with Gasteiger partial charge in [-0.05, 0) is 49.4 Å². The fourth-order valence-corrected chi connectivity index (χ4v) is 4.59. The SMILES string of the molecule is Cc1cccc(C2(C(=O)N3CC[C@H](OCc4ccncc4)C3)CCCC2)c1. The van der Waals surface area contributed by atoms with E-state index in [0.717, 1.165) is 44.2 Å². The minimum atomic E-state index is -0.327. The summed E-state index contributed by atoms with van der Waals surface area (Å²) < 4.78 is 6.07. The molecule has 1 saturated carbocycles. The molecule has 1 aromatic carbocycles. The van der Waals surface area contributed by atoms with Crippen LogP contribution in [0.3, 0.4) is 0 Å². The van der Waals surface area contributed by atoms with Gasteiger partial charge < -0.3 is 9.64 Å². The predicted octanol–water partition coefficient (Wildman–Crippen LogP) is 4.02. The molecule has 2 aliphatic rings. The first-order valence-electron chi connectivity index (χ1n) is 10.0. The van der Waals surface area contributed by atoms with Crippen molar-refractivity contribution in [2.45, 2.75) is 57.2 Å². The molecule has 2 aromatic rings. The number of aryl methyl sites for hydroxylation is 1. The molecule has 0 unspecified atom stereocenters. The average Bonchev–Trinajstić information content (AvgIpc) is 3.37. The van der Waals surface area contributed by atoms with Crippen LogP contribution in [0.2, 0.25) is 0 Å². The average molecular weight is 364 g/mol. The van der Waals surface area contributed by atoms with Gasteiger partial charge in [0.1, 0.15) is 0 Å². The molecule has 2 fully saturated rings. The van der Waals surface area contributed by atoms with Gasteiger partial charge in [-0.25, -0.2) is 0 Å². The summed E-state index contributed by atoms with van der Waals surface area (Å²) in [5, 5.41) is 0. The largest absolute Gasteiger partial charge is 0.372 e. The van der Waals surface area contributed by atoms with Gasteiger partial charge in [-0.3, -0.25) is 9.78 Å². The first-order valence-corrected chi connectivity index (χ1v) is 10.0. The summed E-state index contributed by atoms with van der Waals surface area (Å²) in [5.74, 6) is 0.306. The van der Waals surface area contributed by atoms with Crippen LogP contribution in [0.15, 0.2) is 48.8 Å². The molecule has 0 N–H and O–H groups in total. The Bertz CT molecular complexity index is 784. The van der Waals surface area contributed by atoms with E-state index in [9.17, 15) is 4.79 Å². The molecular weight excluding hydrogens is 336 g/mol. The standard InChI is InChI=1S/C23H28N2O2/c1-18-5-4-6-20(15-18)23(10-2-3-11-23)22(26)25-14-9-21(16-25)27-17-19-7-12-24-13-8-19/h4-8,12-13,15,21H,2-3,9-11,14,16-17H2,1H3/t21-/m0/s1. The lowest BCUT2D eigenvalue weighted by atomic mass is 9.77. The summed E-state index contributed by atoms with van der Waals surface area (Å²) in [6, 6.07) is 12.5. The summed E-state index contributed by atoms with van der Waals surface area (Å²) in [5.41, 5.74) is 3.23. The molecule has 0 bridgehead atoms. The number of ether oxygens (including phenoxy) is 1. The van der Waals surface area contributed by atoms with Gasteiger partial charge >= 0.3 is 0 Å². The van der Waals surface area contributed by atoms with Crippen LogP contribution in [-0.4, -0.2) is 35.0 Å². The van der Waals surface area contributed by atoms with Crippen molar-refractivity contribution in [1.29, 1.82) is 0 Å². The Balaban J connectivity index is 1.44. The Labute approximate surface area is 161 Å². The van der Waals surface area contributed by atoms with Crippen molar-refractivity contribution < 1.29 is 9.53 Å². The second-order valence-corrected chi connectivity index (χ2v) is 7.99. The monoisotopic (exact) mass is 364 g/mol. The maximum absolute atomic E-state index is 13.6. The summed E-state index contributed by atoms with van der Waals surface area (Å²) >= 11 is 0. The highest BCUT2D eigenvalue weighted by Crippen LogP contribution is 2.43. The normalized spacial score (nSPS) is 21.5. The number of aromatic nitrogens is 1. The third kappa shape index (κ3) is 3.77. The number of pyridine rings is 1. The van der Waals surface area contributed by atoms with E-state index in [1.807, 2.05) is 17.0 Å². The van der Waals surface area contributed by atoms with E-state index in [4.69, 9.17) is 4.74 Å². The van der Waals surface area contributed by atoms with E-state index in [1.54, 1.807) is 12.4 Å². The van der Waals surface area contributed by atoms with Crippen molar-refractivity contribution in [3.05, 3.63) is 65.5 Å². The Morgan fingerprint density at radius 1 is 1.22 bits per heavy atom. The first-order chi connectivity index (χ1) is 13.2.